The van der Waals surface area contributed by atoms with Crippen LogP contribution in [-0.4, -0.2) is 26.7 Å². The Balaban J connectivity index is 1.56. The minimum absolute atomic E-state index is 0.121. The van der Waals surface area contributed by atoms with Gasteiger partial charge in [-0.05, 0) is 54.8 Å². The summed E-state index contributed by atoms with van der Waals surface area (Å²) in [7, 11) is 3.27. The van der Waals surface area contributed by atoms with Crippen LogP contribution in [0.4, 0.5) is 0 Å². The second-order valence-corrected chi connectivity index (χ2v) is 7.97. The molecule has 1 aromatic heterocycles. The average Bonchev–Trinajstić information content (AvgIpc) is 3.39. The number of benzene rings is 2. The minimum Gasteiger partial charge on any atom is -0.493 e. The van der Waals surface area contributed by atoms with E-state index in [1.165, 1.54) is 0 Å². The van der Waals surface area contributed by atoms with Crippen molar-refractivity contribution < 1.29 is 18.7 Å². The molecule has 2 aromatic carbocycles. The molecule has 0 saturated heterocycles. The summed E-state index contributed by atoms with van der Waals surface area (Å²) in [5.41, 5.74) is 1.68. The predicted molar refractivity (Wildman–Crippen MR) is 113 cm³/mol. The number of halogens is 1. The van der Waals surface area contributed by atoms with Crippen molar-refractivity contribution in [3.63, 3.8) is 0 Å². The van der Waals surface area contributed by atoms with E-state index < -0.39 is 0 Å². The van der Waals surface area contributed by atoms with E-state index in [9.17, 15) is 4.79 Å². The third-order valence-electron chi connectivity index (χ3n) is 5.85. The predicted octanol–water partition coefficient (Wildman–Crippen LogP) is 5.35. The second-order valence-electron chi connectivity index (χ2n) is 7.53. The minimum atomic E-state index is -0.218. The van der Waals surface area contributed by atoms with Gasteiger partial charge in [0.1, 0.15) is 5.58 Å². The van der Waals surface area contributed by atoms with E-state index in [4.69, 9.17) is 25.5 Å². The molecule has 4 rings (SSSR count). The summed E-state index contributed by atoms with van der Waals surface area (Å²) in [6.07, 6.45) is 4.29. The molecule has 1 aliphatic carbocycles. The number of nitrogens with one attached hydrogen (secondary N) is 1. The molecule has 152 valence electrons. The van der Waals surface area contributed by atoms with E-state index >= 15 is 0 Å². The number of rotatable bonds is 6. The van der Waals surface area contributed by atoms with Crippen LogP contribution in [0.25, 0.3) is 11.0 Å². The van der Waals surface area contributed by atoms with Gasteiger partial charge in [-0.1, -0.05) is 30.5 Å². The maximum Gasteiger partial charge on any atom is 0.287 e. The Bertz CT molecular complexity index is 1040. The highest BCUT2D eigenvalue weighted by molar-refractivity contribution is 6.31. The van der Waals surface area contributed by atoms with E-state index in [2.05, 4.69) is 11.4 Å². The van der Waals surface area contributed by atoms with Gasteiger partial charge in [-0.15, -0.1) is 0 Å². The molecule has 0 unspecified atom stereocenters. The van der Waals surface area contributed by atoms with Gasteiger partial charge in [0.15, 0.2) is 17.3 Å². The molecule has 1 heterocycles. The third-order valence-corrected chi connectivity index (χ3v) is 6.08. The van der Waals surface area contributed by atoms with E-state index in [0.29, 0.717) is 34.4 Å². The molecular weight excluding hydrogens is 390 g/mol. The van der Waals surface area contributed by atoms with Gasteiger partial charge in [0.25, 0.3) is 5.91 Å². The molecule has 1 fully saturated rings. The van der Waals surface area contributed by atoms with Crippen LogP contribution in [0.2, 0.25) is 5.02 Å². The molecular formula is C23H24ClNO4. The first-order chi connectivity index (χ1) is 14.0. The van der Waals surface area contributed by atoms with Crippen molar-refractivity contribution in [1.29, 1.82) is 0 Å². The van der Waals surface area contributed by atoms with Gasteiger partial charge >= 0.3 is 0 Å². The van der Waals surface area contributed by atoms with Crippen LogP contribution >= 0.6 is 11.6 Å². The zero-order chi connectivity index (χ0) is 20.4. The molecule has 29 heavy (non-hydrogen) atoms. The standard InChI is InChI=1S/C23H24ClNO4/c1-27-19-7-5-16(13-20(19)28-2)23(9-3-4-10-23)14-25-22(26)21-12-15-11-17(24)6-8-18(15)29-21/h5-8,11-13H,3-4,9-10,14H2,1-2H3,(H,25,26). The number of methoxy groups -OCH3 is 2. The molecule has 1 N–H and O–H groups in total. The Morgan fingerprint density at radius 1 is 1.07 bits per heavy atom. The molecule has 1 saturated carbocycles. The van der Waals surface area contributed by atoms with E-state index in [1.54, 1.807) is 38.5 Å². The van der Waals surface area contributed by atoms with Gasteiger partial charge in [0.05, 0.1) is 14.2 Å². The van der Waals surface area contributed by atoms with Crippen LogP contribution in [0.15, 0.2) is 46.9 Å². The van der Waals surface area contributed by atoms with Gasteiger partial charge in [0, 0.05) is 22.4 Å². The third kappa shape index (κ3) is 3.79. The highest BCUT2D eigenvalue weighted by atomic mass is 35.5. The summed E-state index contributed by atoms with van der Waals surface area (Å²) in [6.45, 7) is 0.541. The second kappa shape index (κ2) is 7.99. The van der Waals surface area contributed by atoms with Gasteiger partial charge < -0.3 is 19.2 Å². The van der Waals surface area contributed by atoms with Crippen LogP contribution in [0.5, 0.6) is 11.5 Å². The molecule has 0 spiro atoms. The Labute approximate surface area is 174 Å². The molecule has 0 radical (unpaired) electrons. The van der Waals surface area contributed by atoms with E-state index in [-0.39, 0.29) is 11.3 Å². The molecule has 3 aromatic rings. The number of hydrogen-bond donors (Lipinski definition) is 1. The molecule has 0 atom stereocenters. The van der Waals surface area contributed by atoms with E-state index in [1.807, 2.05) is 12.1 Å². The largest absolute Gasteiger partial charge is 0.493 e. The summed E-state index contributed by atoms with van der Waals surface area (Å²) in [6, 6.07) is 13.1. The summed E-state index contributed by atoms with van der Waals surface area (Å²) < 4.78 is 16.5. The van der Waals surface area contributed by atoms with Gasteiger partial charge in [-0.2, -0.15) is 0 Å². The Kier molecular flexibility index (Phi) is 5.41. The monoisotopic (exact) mass is 413 g/mol. The number of amides is 1. The molecule has 1 aliphatic rings. The maximum atomic E-state index is 12.8. The maximum absolute atomic E-state index is 12.8. The zero-order valence-corrected chi connectivity index (χ0v) is 17.3. The number of carbonyl (C=O) groups excluding carboxylic acids is 1. The lowest BCUT2D eigenvalue weighted by atomic mass is 9.78. The molecule has 0 aliphatic heterocycles. The van der Waals surface area contributed by atoms with Gasteiger partial charge in [0.2, 0.25) is 0 Å². The lowest BCUT2D eigenvalue weighted by Gasteiger charge is -2.30. The van der Waals surface area contributed by atoms with Gasteiger partial charge in [-0.3, -0.25) is 4.79 Å². The van der Waals surface area contributed by atoms with Crippen LogP contribution in [0, 0.1) is 0 Å². The number of hydrogen-bond acceptors (Lipinski definition) is 4. The van der Waals surface area contributed by atoms with Crippen LogP contribution in [0.1, 0.15) is 41.8 Å². The normalized spacial score (nSPS) is 15.4. The summed E-state index contributed by atoms with van der Waals surface area (Å²) in [5, 5.41) is 4.52. The lowest BCUT2D eigenvalue weighted by Crippen LogP contribution is -2.39. The van der Waals surface area contributed by atoms with Crippen molar-refractivity contribution in [2.45, 2.75) is 31.1 Å². The fourth-order valence-electron chi connectivity index (χ4n) is 4.25. The first kappa shape index (κ1) is 19.6. The van der Waals surface area contributed by atoms with Crippen molar-refractivity contribution in [3.8, 4) is 11.5 Å². The topological polar surface area (TPSA) is 60.7 Å². The Morgan fingerprint density at radius 3 is 2.55 bits per heavy atom. The first-order valence-corrected chi connectivity index (χ1v) is 10.1. The summed E-state index contributed by atoms with van der Waals surface area (Å²) in [5.74, 6) is 1.48. The van der Waals surface area contributed by atoms with Crippen LogP contribution in [0.3, 0.4) is 0 Å². The molecule has 1 amide bonds. The SMILES string of the molecule is COc1ccc(C2(CNC(=O)c3cc4cc(Cl)ccc4o3)CCCC2)cc1OC. The first-order valence-electron chi connectivity index (χ1n) is 9.74. The van der Waals surface area contributed by atoms with Crippen molar-refractivity contribution in [1.82, 2.24) is 5.32 Å². The van der Waals surface area contributed by atoms with Crippen molar-refractivity contribution in [2.24, 2.45) is 0 Å². The highest BCUT2D eigenvalue weighted by Gasteiger charge is 2.36. The van der Waals surface area contributed by atoms with Crippen LogP contribution in [-0.2, 0) is 5.41 Å². The van der Waals surface area contributed by atoms with Crippen molar-refractivity contribution >= 4 is 28.5 Å². The number of furan rings is 1. The number of fused-ring (bicyclic) bond motifs is 1. The van der Waals surface area contributed by atoms with E-state index in [0.717, 1.165) is 36.6 Å². The summed E-state index contributed by atoms with van der Waals surface area (Å²) >= 11 is 6.03. The molecule has 5 nitrogen and oxygen atoms in total. The van der Waals surface area contributed by atoms with Crippen molar-refractivity contribution in [2.75, 3.05) is 20.8 Å². The lowest BCUT2D eigenvalue weighted by molar-refractivity contribution is 0.0917. The molecule has 0 bridgehead atoms. The fourth-order valence-corrected chi connectivity index (χ4v) is 4.43. The van der Waals surface area contributed by atoms with Crippen molar-refractivity contribution in [3.05, 3.63) is 58.8 Å². The Morgan fingerprint density at radius 2 is 1.83 bits per heavy atom. The summed E-state index contributed by atoms with van der Waals surface area (Å²) in [4.78, 5) is 12.8. The average molecular weight is 414 g/mol. The number of ether oxygens (including phenoxy) is 2. The zero-order valence-electron chi connectivity index (χ0n) is 16.6. The highest BCUT2D eigenvalue weighted by Crippen LogP contribution is 2.43. The smallest absolute Gasteiger partial charge is 0.287 e. The number of carbonyl (C=O) groups is 1. The quantitative estimate of drug-likeness (QED) is 0.592. The fraction of sp³-hybridized carbons (Fsp3) is 0.348. The van der Waals surface area contributed by atoms with Crippen LogP contribution < -0.4 is 14.8 Å². The molecule has 6 heteroatoms. The Hall–Kier alpha value is -2.66. The van der Waals surface area contributed by atoms with Gasteiger partial charge in [-0.25, -0.2) is 0 Å².